The quantitative estimate of drug-likeness (QED) is 0.894. The van der Waals surface area contributed by atoms with E-state index in [0.717, 1.165) is 31.6 Å². The van der Waals surface area contributed by atoms with Gasteiger partial charge >= 0.3 is 0 Å². The fourth-order valence-corrected chi connectivity index (χ4v) is 2.40. The van der Waals surface area contributed by atoms with Crippen LogP contribution in [0.15, 0.2) is 18.2 Å². The minimum Gasteiger partial charge on any atom is -0.383 e. The predicted molar refractivity (Wildman–Crippen MR) is 81.3 cm³/mol. The summed E-state index contributed by atoms with van der Waals surface area (Å²) in [7, 11) is 0. The molecule has 0 aliphatic heterocycles. The highest BCUT2D eigenvalue weighted by atomic mass is 35.5. The second-order valence-corrected chi connectivity index (χ2v) is 5.18. The fraction of sp³-hybridized carbons (Fsp3) is 0.400. The van der Waals surface area contributed by atoms with Crippen LogP contribution in [0.2, 0.25) is 5.02 Å². The van der Waals surface area contributed by atoms with Crippen LogP contribution in [-0.2, 0) is 13.0 Å². The number of aryl methyl sites for hydroxylation is 1. The molecule has 1 aromatic heterocycles. The molecular formula is C15H19ClFN3. The molecule has 1 aromatic carbocycles. The van der Waals surface area contributed by atoms with Gasteiger partial charge in [0.1, 0.15) is 23.2 Å². The lowest BCUT2D eigenvalue weighted by atomic mass is 10.1. The molecule has 0 bridgehead atoms. The van der Waals surface area contributed by atoms with Crippen molar-refractivity contribution >= 4 is 17.4 Å². The highest BCUT2D eigenvalue weighted by Gasteiger charge is 2.17. The monoisotopic (exact) mass is 295 g/mol. The van der Waals surface area contributed by atoms with E-state index in [0.29, 0.717) is 22.1 Å². The summed E-state index contributed by atoms with van der Waals surface area (Å²) < 4.78 is 15.9. The Morgan fingerprint density at radius 2 is 2.10 bits per heavy atom. The average Bonchev–Trinajstić information content (AvgIpc) is 2.75. The third-order valence-electron chi connectivity index (χ3n) is 3.32. The Balaban J connectivity index is 2.52. The largest absolute Gasteiger partial charge is 0.383 e. The first-order chi connectivity index (χ1) is 9.58. The molecule has 0 atom stereocenters. The number of nitrogen functional groups attached to an aromatic ring is 1. The molecule has 2 rings (SSSR count). The summed E-state index contributed by atoms with van der Waals surface area (Å²) in [5.41, 5.74) is 7.01. The van der Waals surface area contributed by atoms with Gasteiger partial charge in [-0.25, -0.2) is 9.37 Å². The van der Waals surface area contributed by atoms with E-state index in [4.69, 9.17) is 17.3 Å². The molecule has 5 heteroatoms. The number of hydrogen-bond donors (Lipinski definition) is 1. The Hall–Kier alpha value is -1.55. The van der Waals surface area contributed by atoms with Crippen molar-refractivity contribution < 1.29 is 4.39 Å². The summed E-state index contributed by atoms with van der Waals surface area (Å²) in [6, 6.07) is 4.43. The zero-order valence-corrected chi connectivity index (χ0v) is 12.5. The Bertz CT molecular complexity index is 607. The maximum Gasteiger partial charge on any atom is 0.132 e. The number of imidazole rings is 1. The van der Waals surface area contributed by atoms with Gasteiger partial charge in [0.2, 0.25) is 0 Å². The third kappa shape index (κ3) is 2.80. The SMILES string of the molecule is CCCCn1c(CC)nc(-c2cc(Cl)ccc2F)c1N. The van der Waals surface area contributed by atoms with Gasteiger partial charge in [-0.2, -0.15) is 0 Å². The number of rotatable bonds is 5. The van der Waals surface area contributed by atoms with E-state index in [9.17, 15) is 4.39 Å². The molecule has 2 aromatic rings. The first-order valence-electron chi connectivity index (χ1n) is 6.88. The molecule has 0 radical (unpaired) electrons. The molecule has 0 unspecified atom stereocenters. The number of nitrogens with zero attached hydrogens (tertiary/aromatic N) is 2. The molecule has 3 nitrogen and oxygen atoms in total. The zero-order valence-electron chi connectivity index (χ0n) is 11.8. The average molecular weight is 296 g/mol. The molecule has 0 fully saturated rings. The minimum atomic E-state index is -0.358. The minimum absolute atomic E-state index is 0.358. The van der Waals surface area contributed by atoms with E-state index < -0.39 is 0 Å². The van der Waals surface area contributed by atoms with Gasteiger partial charge in [-0.3, -0.25) is 0 Å². The van der Waals surface area contributed by atoms with Crippen molar-refractivity contribution in [1.82, 2.24) is 9.55 Å². The van der Waals surface area contributed by atoms with Crippen molar-refractivity contribution in [1.29, 1.82) is 0 Å². The summed E-state index contributed by atoms with van der Waals surface area (Å²) >= 11 is 5.94. The molecule has 0 saturated heterocycles. The van der Waals surface area contributed by atoms with Crippen LogP contribution >= 0.6 is 11.6 Å². The van der Waals surface area contributed by atoms with Crippen molar-refractivity contribution in [3.8, 4) is 11.3 Å². The third-order valence-corrected chi connectivity index (χ3v) is 3.56. The normalized spacial score (nSPS) is 11.0. The first-order valence-corrected chi connectivity index (χ1v) is 7.26. The van der Waals surface area contributed by atoms with E-state index >= 15 is 0 Å². The standard InChI is InChI=1S/C15H19ClFN3/c1-3-5-8-20-13(4-2)19-14(15(20)18)11-9-10(16)6-7-12(11)17/h6-7,9H,3-5,8,18H2,1-2H3. The summed E-state index contributed by atoms with van der Waals surface area (Å²) in [4.78, 5) is 4.49. The van der Waals surface area contributed by atoms with E-state index in [1.807, 2.05) is 11.5 Å². The van der Waals surface area contributed by atoms with Crippen LogP contribution in [0.3, 0.4) is 0 Å². The van der Waals surface area contributed by atoms with Crippen molar-refractivity contribution in [2.45, 2.75) is 39.7 Å². The maximum absolute atomic E-state index is 14.0. The molecule has 0 amide bonds. The van der Waals surface area contributed by atoms with E-state index in [1.165, 1.54) is 12.1 Å². The molecule has 1 heterocycles. The lowest BCUT2D eigenvalue weighted by molar-refractivity contribution is 0.612. The van der Waals surface area contributed by atoms with Crippen molar-refractivity contribution in [2.24, 2.45) is 0 Å². The predicted octanol–water partition coefficient (Wildman–Crippen LogP) is 4.29. The van der Waals surface area contributed by atoms with Crippen LogP contribution in [0.5, 0.6) is 0 Å². The highest BCUT2D eigenvalue weighted by Crippen LogP contribution is 2.31. The van der Waals surface area contributed by atoms with Crippen LogP contribution < -0.4 is 5.73 Å². The number of benzene rings is 1. The Kier molecular flexibility index (Phi) is 4.65. The molecule has 20 heavy (non-hydrogen) atoms. The molecule has 0 spiro atoms. The van der Waals surface area contributed by atoms with Gasteiger partial charge in [0.25, 0.3) is 0 Å². The molecule has 108 valence electrons. The van der Waals surface area contributed by atoms with Crippen LogP contribution in [0.25, 0.3) is 11.3 Å². The van der Waals surface area contributed by atoms with Crippen LogP contribution in [0.1, 0.15) is 32.5 Å². The summed E-state index contributed by atoms with van der Waals surface area (Å²) in [5, 5.41) is 0.474. The Morgan fingerprint density at radius 3 is 2.75 bits per heavy atom. The topological polar surface area (TPSA) is 43.8 Å². The Morgan fingerprint density at radius 1 is 1.35 bits per heavy atom. The second-order valence-electron chi connectivity index (χ2n) is 4.74. The molecule has 0 aliphatic rings. The van der Waals surface area contributed by atoms with Gasteiger partial charge in [0.15, 0.2) is 0 Å². The van der Waals surface area contributed by atoms with E-state index in [2.05, 4.69) is 11.9 Å². The maximum atomic E-state index is 14.0. The lowest BCUT2D eigenvalue weighted by Gasteiger charge is -2.08. The number of halogens is 2. The van der Waals surface area contributed by atoms with Crippen molar-refractivity contribution in [3.63, 3.8) is 0 Å². The van der Waals surface area contributed by atoms with Gasteiger partial charge in [0, 0.05) is 23.6 Å². The van der Waals surface area contributed by atoms with E-state index in [-0.39, 0.29) is 5.82 Å². The van der Waals surface area contributed by atoms with Gasteiger partial charge in [-0.1, -0.05) is 31.9 Å². The van der Waals surface area contributed by atoms with Crippen molar-refractivity contribution in [2.75, 3.05) is 5.73 Å². The van der Waals surface area contributed by atoms with Gasteiger partial charge in [-0.15, -0.1) is 0 Å². The molecule has 2 N–H and O–H groups in total. The zero-order chi connectivity index (χ0) is 14.7. The number of hydrogen-bond acceptors (Lipinski definition) is 2. The summed E-state index contributed by atoms with van der Waals surface area (Å²) in [6.45, 7) is 4.94. The van der Waals surface area contributed by atoms with Gasteiger partial charge in [-0.05, 0) is 24.6 Å². The second kappa shape index (κ2) is 6.27. The molecule has 0 saturated carbocycles. The fourth-order valence-electron chi connectivity index (χ4n) is 2.23. The number of unbranched alkanes of at least 4 members (excludes halogenated alkanes) is 1. The highest BCUT2D eigenvalue weighted by molar-refractivity contribution is 6.30. The van der Waals surface area contributed by atoms with Gasteiger partial charge < -0.3 is 10.3 Å². The van der Waals surface area contributed by atoms with Crippen LogP contribution in [-0.4, -0.2) is 9.55 Å². The smallest absolute Gasteiger partial charge is 0.132 e. The lowest BCUT2D eigenvalue weighted by Crippen LogP contribution is -2.06. The van der Waals surface area contributed by atoms with Gasteiger partial charge in [0.05, 0.1) is 0 Å². The first kappa shape index (κ1) is 14.9. The van der Waals surface area contributed by atoms with Crippen LogP contribution in [0.4, 0.5) is 10.2 Å². The number of anilines is 1. The number of aromatic nitrogens is 2. The summed E-state index contributed by atoms with van der Waals surface area (Å²) in [5.74, 6) is 1.03. The van der Waals surface area contributed by atoms with Crippen molar-refractivity contribution in [3.05, 3.63) is 34.9 Å². The molecule has 0 aliphatic carbocycles. The summed E-state index contributed by atoms with van der Waals surface area (Å²) in [6.07, 6.45) is 2.85. The number of nitrogens with two attached hydrogens (primary N) is 1. The van der Waals surface area contributed by atoms with E-state index in [1.54, 1.807) is 6.07 Å². The Labute approximate surface area is 123 Å². The van der Waals surface area contributed by atoms with Crippen LogP contribution in [0, 0.1) is 5.82 Å². The molecular weight excluding hydrogens is 277 g/mol.